The molecule has 0 aliphatic rings. The number of unbranched alkanes of at least 4 members (excludes halogenated alkanes) is 3. The van der Waals surface area contributed by atoms with Crippen molar-refractivity contribution in [2.45, 2.75) is 39.0 Å². The van der Waals surface area contributed by atoms with Gasteiger partial charge in [-0.15, -0.1) is 0 Å². The van der Waals surface area contributed by atoms with Gasteiger partial charge in [0, 0.05) is 0 Å². The molecular weight excluding hydrogens is 184 g/mol. The molecule has 1 N–H and O–H groups in total. The molecule has 1 heteroatoms. The molecule has 0 amide bonds. The summed E-state index contributed by atoms with van der Waals surface area (Å²) in [6, 6.07) is 7.40. The Hall–Kier alpha value is -1.24. The van der Waals surface area contributed by atoms with E-state index in [1.807, 2.05) is 12.1 Å². The molecule has 0 spiro atoms. The van der Waals surface area contributed by atoms with Crippen LogP contribution in [-0.4, -0.2) is 5.11 Å². The molecule has 1 aromatic carbocycles. The molecule has 0 radical (unpaired) electrons. The molecule has 82 valence electrons. The van der Waals surface area contributed by atoms with Crippen molar-refractivity contribution in [3.05, 3.63) is 42.0 Å². The summed E-state index contributed by atoms with van der Waals surface area (Å²) in [5.74, 6) is 0.339. The maximum absolute atomic E-state index is 9.11. The highest BCUT2D eigenvalue weighted by Crippen LogP contribution is 2.10. The van der Waals surface area contributed by atoms with E-state index >= 15 is 0 Å². The summed E-state index contributed by atoms with van der Waals surface area (Å²) in [4.78, 5) is 0. The van der Waals surface area contributed by atoms with Crippen LogP contribution in [0.15, 0.2) is 36.4 Å². The highest BCUT2D eigenvalue weighted by atomic mass is 16.3. The van der Waals surface area contributed by atoms with Gasteiger partial charge in [-0.05, 0) is 37.0 Å². The SMILES string of the molecule is CCCCCC=CCc1ccc(O)cc1. The van der Waals surface area contributed by atoms with Crippen molar-refractivity contribution >= 4 is 0 Å². The van der Waals surface area contributed by atoms with E-state index < -0.39 is 0 Å². The molecule has 0 saturated carbocycles. The summed E-state index contributed by atoms with van der Waals surface area (Å²) >= 11 is 0. The number of hydrogen-bond acceptors (Lipinski definition) is 1. The van der Waals surface area contributed by atoms with Crippen LogP contribution in [0, 0.1) is 0 Å². The van der Waals surface area contributed by atoms with Crippen molar-refractivity contribution in [3.8, 4) is 5.75 Å². The monoisotopic (exact) mass is 204 g/mol. The van der Waals surface area contributed by atoms with E-state index in [2.05, 4.69) is 19.1 Å². The first-order chi connectivity index (χ1) is 7.33. The first-order valence-electron chi connectivity index (χ1n) is 5.76. The third-order valence-corrected chi connectivity index (χ3v) is 2.43. The smallest absolute Gasteiger partial charge is 0.115 e. The van der Waals surface area contributed by atoms with Gasteiger partial charge < -0.3 is 5.11 Å². The summed E-state index contributed by atoms with van der Waals surface area (Å²) < 4.78 is 0. The van der Waals surface area contributed by atoms with Gasteiger partial charge in [0.2, 0.25) is 0 Å². The van der Waals surface area contributed by atoms with E-state index in [1.165, 1.54) is 31.2 Å². The molecule has 0 aromatic heterocycles. The lowest BCUT2D eigenvalue weighted by atomic mass is 10.1. The van der Waals surface area contributed by atoms with Gasteiger partial charge in [-0.2, -0.15) is 0 Å². The largest absolute Gasteiger partial charge is 0.508 e. The van der Waals surface area contributed by atoms with Crippen LogP contribution in [0.1, 0.15) is 38.2 Å². The van der Waals surface area contributed by atoms with E-state index in [4.69, 9.17) is 5.11 Å². The molecule has 0 aliphatic carbocycles. The van der Waals surface area contributed by atoms with Crippen LogP contribution in [0.5, 0.6) is 5.75 Å². The fraction of sp³-hybridized carbons (Fsp3) is 0.429. The van der Waals surface area contributed by atoms with Gasteiger partial charge in [0.1, 0.15) is 5.75 Å². The Bertz CT molecular complexity index is 285. The van der Waals surface area contributed by atoms with Gasteiger partial charge in [0.15, 0.2) is 0 Å². The Labute approximate surface area is 92.5 Å². The molecule has 15 heavy (non-hydrogen) atoms. The second-order valence-corrected chi connectivity index (χ2v) is 3.84. The number of phenols is 1. The maximum atomic E-state index is 9.11. The number of rotatable bonds is 6. The minimum atomic E-state index is 0.339. The molecule has 0 saturated heterocycles. The number of phenolic OH excluding ortho intramolecular Hbond substituents is 1. The number of benzene rings is 1. The molecule has 1 aromatic rings. The van der Waals surface area contributed by atoms with Crippen molar-refractivity contribution in [2.24, 2.45) is 0 Å². The minimum absolute atomic E-state index is 0.339. The van der Waals surface area contributed by atoms with E-state index in [9.17, 15) is 0 Å². The normalized spacial score (nSPS) is 11.0. The second kappa shape index (κ2) is 7.10. The van der Waals surface area contributed by atoms with Crippen molar-refractivity contribution in [3.63, 3.8) is 0 Å². The third kappa shape index (κ3) is 5.26. The second-order valence-electron chi connectivity index (χ2n) is 3.84. The van der Waals surface area contributed by atoms with Gasteiger partial charge in [-0.1, -0.05) is 44.1 Å². The van der Waals surface area contributed by atoms with Crippen LogP contribution in [0.25, 0.3) is 0 Å². The number of allylic oxidation sites excluding steroid dienone is 2. The third-order valence-electron chi connectivity index (χ3n) is 2.43. The van der Waals surface area contributed by atoms with Crippen LogP contribution in [0.4, 0.5) is 0 Å². The number of hydrogen-bond donors (Lipinski definition) is 1. The lowest BCUT2D eigenvalue weighted by Crippen LogP contribution is -1.79. The Morgan fingerprint density at radius 2 is 1.80 bits per heavy atom. The van der Waals surface area contributed by atoms with E-state index in [0.717, 1.165) is 6.42 Å². The van der Waals surface area contributed by atoms with Crippen LogP contribution in [0.3, 0.4) is 0 Å². The van der Waals surface area contributed by atoms with Crippen LogP contribution in [-0.2, 0) is 6.42 Å². The minimum Gasteiger partial charge on any atom is -0.508 e. The van der Waals surface area contributed by atoms with E-state index in [0.29, 0.717) is 5.75 Å². The highest BCUT2D eigenvalue weighted by molar-refractivity contribution is 5.27. The van der Waals surface area contributed by atoms with Crippen LogP contribution in [0.2, 0.25) is 0 Å². The molecule has 1 nitrogen and oxygen atoms in total. The molecule has 0 atom stereocenters. The Kier molecular flexibility index (Phi) is 5.60. The fourth-order valence-electron chi connectivity index (χ4n) is 1.48. The van der Waals surface area contributed by atoms with Crippen LogP contribution >= 0.6 is 0 Å². The van der Waals surface area contributed by atoms with Crippen molar-refractivity contribution in [1.82, 2.24) is 0 Å². The lowest BCUT2D eigenvalue weighted by Gasteiger charge is -1.96. The summed E-state index contributed by atoms with van der Waals surface area (Å²) in [6.07, 6.45) is 10.5. The molecule has 0 fully saturated rings. The lowest BCUT2D eigenvalue weighted by molar-refractivity contribution is 0.475. The highest BCUT2D eigenvalue weighted by Gasteiger charge is 1.89. The fourth-order valence-corrected chi connectivity index (χ4v) is 1.48. The quantitative estimate of drug-likeness (QED) is 0.547. The summed E-state index contributed by atoms with van der Waals surface area (Å²) in [5, 5.41) is 9.11. The molecule has 0 aliphatic heterocycles. The van der Waals surface area contributed by atoms with Crippen molar-refractivity contribution in [2.75, 3.05) is 0 Å². The van der Waals surface area contributed by atoms with Crippen molar-refractivity contribution in [1.29, 1.82) is 0 Å². The summed E-state index contributed by atoms with van der Waals surface area (Å²) in [5.41, 5.74) is 1.25. The zero-order valence-electron chi connectivity index (χ0n) is 9.45. The van der Waals surface area contributed by atoms with Crippen molar-refractivity contribution < 1.29 is 5.11 Å². The first kappa shape index (κ1) is 11.8. The number of aromatic hydroxyl groups is 1. The average Bonchev–Trinajstić information content (AvgIpc) is 2.26. The topological polar surface area (TPSA) is 20.2 Å². The predicted octanol–water partition coefficient (Wildman–Crippen LogP) is 4.07. The summed E-state index contributed by atoms with van der Waals surface area (Å²) in [6.45, 7) is 2.22. The zero-order chi connectivity index (χ0) is 10.9. The Balaban J connectivity index is 2.22. The zero-order valence-corrected chi connectivity index (χ0v) is 9.45. The van der Waals surface area contributed by atoms with E-state index in [1.54, 1.807) is 12.1 Å². The molecule has 0 bridgehead atoms. The molecule has 0 unspecified atom stereocenters. The molecule has 0 heterocycles. The summed E-state index contributed by atoms with van der Waals surface area (Å²) in [7, 11) is 0. The Morgan fingerprint density at radius 1 is 1.07 bits per heavy atom. The molecule has 1 rings (SSSR count). The van der Waals surface area contributed by atoms with Gasteiger partial charge in [-0.25, -0.2) is 0 Å². The molecular formula is C14H20O. The Morgan fingerprint density at radius 3 is 2.47 bits per heavy atom. The van der Waals surface area contributed by atoms with E-state index in [-0.39, 0.29) is 0 Å². The van der Waals surface area contributed by atoms with Gasteiger partial charge in [-0.3, -0.25) is 0 Å². The standard InChI is InChI=1S/C14H20O/c1-2-3-4-5-6-7-8-13-9-11-14(15)12-10-13/h6-7,9-12,15H,2-5,8H2,1H3. The van der Waals surface area contributed by atoms with Gasteiger partial charge in [0.05, 0.1) is 0 Å². The average molecular weight is 204 g/mol. The first-order valence-corrected chi connectivity index (χ1v) is 5.76. The maximum Gasteiger partial charge on any atom is 0.115 e. The van der Waals surface area contributed by atoms with Crippen LogP contribution < -0.4 is 0 Å². The van der Waals surface area contributed by atoms with Gasteiger partial charge >= 0.3 is 0 Å². The predicted molar refractivity (Wildman–Crippen MR) is 65.1 cm³/mol. The van der Waals surface area contributed by atoms with Gasteiger partial charge in [0.25, 0.3) is 0 Å².